The van der Waals surface area contributed by atoms with Crippen molar-refractivity contribution in [1.29, 1.82) is 0 Å². The lowest BCUT2D eigenvalue weighted by Gasteiger charge is -2.11. The fraction of sp³-hybridized carbons (Fsp3) is 0.0909. The number of hydrogen-bond acceptors (Lipinski definition) is 3. The highest BCUT2D eigenvalue weighted by atomic mass is 16.3. The number of carbonyl (C=O) groups excluding carboxylic acids is 1. The number of nitrogens with one attached hydrogen (secondary N) is 1. The molecule has 0 bridgehead atoms. The molecule has 3 aromatic carbocycles. The molecule has 0 unspecified atom stereocenters. The Morgan fingerprint density at radius 1 is 0.821 bits per heavy atom. The lowest BCUT2D eigenvalue weighted by molar-refractivity contribution is -0.212. The van der Waals surface area contributed by atoms with Crippen LogP contribution in [0.1, 0.15) is 15.9 Å². The third kappa shape index (κ3) is 1.43. The SMILES string of the molecule is O=C1N=C([O-])c2c1c1c3ccccc3n3c1c1c2c2ccccc2n1CNC3. The second kappa shape index (κ2) is 4.61. The van der Waals surface area contributed by atoms with Crippen molar-refractivity contribution in [2.24, 2.45) is 4.99 Å². The van der Waals surface area contributed by atoms with E-state index in [9.17, 15) is 9.90 Å². The number of carbonyl (C=O) groups is 1. The van der Waals surface area contributed by atoms with Gasteiger partial charge in [-0.3, -0.25) is 10.1 Å². The average Bonchev–Trinajstić information content (AvgIpc) is 3.25. The van der Waals surface area contributed by atoms with Crippen LogP contribution in [0.25, 0.3) is 43.6 Å². The summed E-state index contributed by atoms with van der Waals surface area (Å²) in [6, 6.07) is 16.1. The van der Waals surface area contributed by atoms with E-state index in [-0.39, 0.29) is 0 Å². The molecule has 1 N–H and O–H groups in total. The van der Waals surface area contributed by atoms with Crippen molar-refractivity contribution in [2.45, 2.75) is 13.3 Å². The van der Waals surface area contributed by atoms with Crippen molar-refractivity contribution in [3.63, 3.8) is 0 Å². The smallest absolute Gasteiger partial charge is 0.277 e. The van der Waals surface area contributed by atoms with E-state index in [1.165, 1.54) is 0 Å². The largest absolute Gasteiger partial charge is 0.858 e. The molecule has 0 saturated carbocycles. The summed E-state index contributed by atoms with van der Waals surface area (Å²) in [6.07, 6.45) is 0. The zero-order valence-electron chi connectivity index (χ0n) is 14.7. The van der Waals surface area contributed by atoms with E-state index >= 15 is 0 Å². The van der Waals surface area contributed by atoms with E-state index in [1.54, 1.807) is 0 Å². The predicted molar refractivity (Wildman–Crippen MR) is 106 cm³/mol. The predicted octanol–water partition coefficient (Wildman–Crippen LogP) is 2.68. The van der Waals surface area contributed by atoms with Crippen LogP contribution in [0.2, 0.25) is 0 Å². The summed E-state index contributed by atoms with van der Waals surface area (Å²) in [5, 5.41) is 20.0. The second-order valence-corrected chi connectivity index (χ2v) is 7.38. The standard InChI is InChI=1S/C22H14N4O2/c27-21-17-15-11-5-1-3-7-13(11)25-9-23-10-26-14-8-4-2-6-12(14)16(20(26)19(15)25)18(17)22(28)24-21/h1-8,23H,9-10H2,(H,24,27,28)/p-1. The Labute approximate surface area is 158 Å². The number of aromatic nitrogens is 2. The molecule has 2 aliphatic rings. The van der Waals surface area contributed by atoms with E-state index in [0.717, 1.165) is 43.6 Å². The molecular weight excluding hydrogens is 352 g/mol. The van der Waals surface area contributed by atoms with Crippen LogP contribution >= 0.6 is 0 Å². The maximum absolute atomic E-state index is 12.8. The molecule has 134 valence electrons. The van der Waals surface area contributed by atoms with Gasteiger partial charge in [0.1, 0.15) is 0 Å². The van der Waals surface area contributed by atoms with Gasteiger partial charge in [0, 0.05) is 33.0 Å². The lowest BCUT2D eigenvalue weighted by Crippen LogP contribution is -2.18. The van der Waals surface area contributed by atoms with Crippen LogP contribution in [0, 0.1) is 0 Å². The van der Waals surface area contributed by atoms with Gasteiger partial charge in [-0.05, 0) is 12.1 Å². The number of nitrogens with zero attached hydrogens (tertiary/aromatic N) is 3. The molecule has 0 atom stereocenters. The van der Waals surface area contributed by atoms with Gasteiger partial charge in [0.05, 0.1) is 41.0 Å². The van der Waals surface area contributed by atoms with Gasteiger partial charge in [-0.2, -0.15) is 0 Å². The summed E-state index contributed by atoms with van der Waals surface area (Å²) in [5.41, 5.74) is 4.99. The van der Waals surface area contributed by atoms with Crippen LogP contribution in [0.4, 0.5) is 0 Å². The molecule has 2 aromatic heterocycles. The number of rotatable bonds is 0. The highest BCUT2D eigenvalue weighted by molar-refractivity contribution is 6.37. The molecule has 0 radical (unpaired) electrons. The number of aliphatic imine (C=N–C) groups is 1. The number of benzene rings is 3. The third-order valence-electron chi connectivity index (χ3n) is 6.09. The monoisotopic (exact) mass is 365 g/mol. The van der Waals surface area contributed by atoms with E-state index in [2.05, 4.69) is 31.6 Å². The van der Waals surface area contributed by atoms with Gasteiger partial charge < -0.3 is 14.2 Å². The van der Waals surface area contributed by atoms with Crippen molar-refractivity contribution in [3.8, 4) is 0 Å². The summed E-state index contributed by atoms with van der Waals surface area (Å²) < 4.78 is 4.43. The van der Waals surface area contributed by atoms with E-state index in [0.29, 0.717) is 24.5 Å². The molecule has 2 aliphatic heterocycles. The molecule has 7 rings (SSSR count). The van der Waals surface area contributed by atoms with Crippen molar-refractivity contribution < 1.29 is 9.90 Å². The minimum absolute atomic E-state index is 0.432. The highest BCUT2D eigenvalue weighted by Crippen LogP contribution is 2.45. The van der Waals surface area contributed by atoms with Crippen molar-refractivity contribution in [2.75, 3.05) is 0 Å². The number of amides is 1. The number of para-hydroxylation sites is 2. The van der Waals surface area contributed by atoms with Crippen LogP contribution in [0.15, 0.2) is 53.5 Å². The Kier molecular flexibility index (Phi) is 2.37. The maximum Gasteiger partial charge on any atom is 0.277 e. The van der Waals surface area contributed by atoms with Crippen molar-refractivity contribution in [3.05, 3.63) is 59.7 Å². The third-order valence-corrected chi connectivity index (χ3v) is 6.09. The molecule has 5 aromatic rings. The fourth-order valence-corrected chi connectivity index (χ4v) is 5.09. The maximum atomic E-state index is 12.8. The van der Waals surface area contributed by atoms with Gasteiger partial charge in [0.2, 0.25) is 0 Å². The first-order chi connectivity index (χ1) is 13.8. The molecule has 0 fully saturated rings. The minimum Gasteiger partial charge on any atom is -0.858 e. The Morgan fingerprint density at radius 3 is 1.96 bits per heavy atom. The lowest BCUT2D eigenvalue weighted by atomic mass is 9.96. The first kappa shape index (κ1) is 14.4. The van der Waals surface area contributed by atoms with Gasteiger partial charge in [-0.15, -0.1) is 0 Å². The zero-order chi connectivity index (χ0) is 18.6. The van der Waals surface area contributed by atoms with Gasteiger partial charge in [-0.1, -0.05) is 36.4 Å². The quantitative estimate of drug-likeness (QED) is 0.458. The van der Waals surface area contributed by atoms with Crippen molar-refractivity contribution >= 4 is 55.4 Å². The molecule has 1 amide bonds. The highest BCUT2D eigenvalue weighted by Gasteiger charge is 2.32. The molecule has 0 aliphatic carbocycles. The Morgan fingerprint density at radius 2 is 1.36 bits per heavy atom. The molecule has 6 nitrogen and oxygen atoms in total. The Hall–Kier alpha value is -3.64. The van der Waals surface area contributed by atoms with Crippen molar-refractivity contribution in [1.82, 2.24) is 14.5 Å². The van der Waals surface area contributed by atoms with Gasteiger partial charge in [0.15, 0.2) is 0 Å². The topological polar surface area (TPSA) is 74.4 Å². The first-order valence-electron chi connectivity index (χ1n) is 9.24. The van der Waals surface area contributed by atoms with Crippen LogP contribution in [0.5, 0.6) is 0 Å². The van der Waals surface area contributed by atoms with Gasteiger partial charge >= 0.3 is 0 Å². The van der Waals surface area contributed by atoms with E-state index in [1.807, 2.05) is 36.4 Å². The van der Waals surface area contributed by atoms with Crippen LogP contribution in [-0.2, 0) is 13.3 Å². The summed E-state index contributed by atoms with van der Waals surface area (Å²) in [7, 11) is 0. The molecule has 0 saturated heterocycles. The van der Waals surface area contributed by atoms with Gasteiger partial charge in [-0.25, -0.2) is 4.99 Å². The zero-order valence-corrected chi connectivity index (χ0v) is 14.7. The van der Waals surface area contributed by atoms with Gasteiger partial charge in [0.25, 0.3) is 5.91 Å². The van der Waals surface area contributed by atoms with E-state index < -0.39 is 11.8 Å². The molecular formula is C22H13N4O2-. The molecule has 28 heavy (non-hydrogen) atoms. The summed E-state index contributed by atoms with van der Waals surface area (Å²) in [5.74, 6) is -0.863. The second-order valence-electron chi connectivity index (χ2n) is 7.38. The first-order valence-corrected chi connectivity index (χ1v) is 9.24. The average molecular weight is 365 g/mol. The normalized spacial score (nSPS) is 15.9. The van der Waals surface area contributed by atoms with Crippen LogP contribution < -0.4 is 10.4 Å². The number of fused-ring (bicyclic) bond motifs is 9. The summed E-state index contributed by atoms with van der Waals surface area (Å²) in [6.45, 7) is 1.26. The van der Waals surface area contributed by atoms with Crippen LogP contribution in [-0.4, -0.2) is 20.9 Å². The molecule has 0 spiro atoms. The summed E-state index contributed by atoms with van der Waals surface area (Å²) in [4.78, 5) is 16.6. The molecule has 4 heterocycles. The summed E-state index contributed by atoms with van der Waals surface area (Å²) >= 11 is 0. The Bertz CT molecular complexity index is 1570. The fourth-order valence-electron chi connectivity index (χ4n) is 5.09. The minimum atomic E-state index is -0.432. The molecule has 6 heteroatoms. The van der Waals surface area contributed by atoms with Crippen LogP contribution in [0.3, 0.4) is 0 Å². The Balaban J connectivity index is 1.94. The number of hydrogen-bond donors (Lipinski definition) is 1. The van der Waals surface area contributed by atoms with E-state index in [4.69, 9.17) is 0 Å².